The monoisotopic (exact) mass is 271 g/mol. The molecule has 20 heavy (non-hydrogen) atoms. The number of carbonyl (C=O) groups excluding carboxylic acids is 1. The maximum absolute atomic E-state index is 12.0. The van der Waals surface area contributed by atoms with Crippen LogP contribution in [0, 0.1) is 17.8 Å². The minimum absolute atomic E-state index is 0.0770. The van der Waals surface area contributed by atoms with Crippen LogP contribution >= 0.6 is 0 Å². The topological polar surface area (TPSA) is 49.3 Å². The molecule has 0 atom stereocenters. The van der Waals surface area contributed by atoms with Crippen molar-refractivity contribution in [3.8, 4) is 11.8 Å². The Labute approximate surface area is 120 Å². The van der Waals surface area contributed by atoms with Crippen LogP contribution in [0.5, 0.6) is 0 Å². The fraction of sp³-hybridized carbons (Fsp3) is 0.471. The Balaban J connectivity index is 1.95. The zero-order valence-corrected chi connectivity index (χ0v) is 11.7. The summed E-state index contributed by atoms with van der Waals surface area (Å²) in [5, 5.41) is 11.8. The Hall–Kier alpha value is -1.79. The van der Waals surface area contributed by atoms with Crippen LogP contribution in [0.3, 0.4) is 0 Å². The smallest absolute Gasteiger partial charge is 0.223 e. The molecule has 2 N–H and O–H groups in total. The van der Waals surface area contributed by atoms with E-state index in [-0.39, 0.29) is 18.4 Å². The van der Waals surface area contributed by atoms with Gasteiger partial charge in [0.05, 0.1) is 6.61 Å². The van der Waals surface area contributed by atoms with Crippen molar-refractivity contribution >= 4 is 5.91 Å². The summed E-state index contributed by atoms with van der Waals surface area (Å²) in [5.74, 6) is 6.33. The molecule has 3 nitrogen and oxygen atoms in total. The molecule has 106 valence electrons. The summed E-state index contributed by atoms with van der Waals surface area (Å²) in [6, 6.07) is 7.82. The van der Waals surface area contributed by atoms with Gasteiger partial charge in [0.25, 0.3) is 0 Å². The fourth-order valence-electron chi connectivity index (χ4n) is 2.52. The molecule has 0 saturated heterocycles. The van der Waals surface area contributed by atoms with E-state index in [2.05, 4.69) is 17.2 Å². The summed E-state index contributed by atoms with van der Waals surface area (Å²) in [6.45, 7) is 0.604. The van der Waals surface area contributed by atoms with Crippen LogP contribution in [-0.4, -0.2) is 17.6 Å². The highest BCUT2D eigenvalue weighted by atomic mass is 16.2. The number of carbonyl (C=O) groups is 1. The van der Waals surface area contributed by atoms with Crippen molar-refractivity contribution in [2.45, 2.75) is 38.6 Å². The van der Waals surface area contributed by atoms with Gasteiger partial charge in [0, 0.05) is 24.4 Å². The molecule has 2 rings (SSSR count). The first kappa shape index (κ1) is 14.6. The molecule has 0 radical (unpaired) electrons. The van der Waals surface area contributed by atoms with E-state index in [9.17, 15) is 4.79 Å². The maximum Gasteiger partial charge on any atom is 0.223 e. The third-order valence-electron chi connectivity index (χ3n) is 3.66. The second kappa shape index (κ2) is 7.72. The van der Waals surface area contributed by atoms with Gasteiger partial charge in [-0.2, -0.15) is 0 Å². The van der Waals surface area contributed by atoms with Gasteiger partial charge in [-0.25, -0.2) is 0 Å². The molecule has 1 aromatic carbocycles. The van der Waals surface area contributed by atoms with E-state index in [1.807, 2.05) is 24.3 Å². The Morgan fingerprint density at radius 2 is 2.05 bits per heavy atom. The highest BCUT2D eigenvalue weighted by molar-refractivity contribution is 5.78. The third-order valence-corrected chi connectivity index (χ3v) is 3.66. The molecule has 1 aliphatic rings. The quantitative estimate of drug-likeness (QED) is 0.825. The molecule has 1 saturated carbocycles. The van der Waals surface area contributed by atoms with Crippen LogP contribution in [0.25, 0.3) is 0 Å². The lowest BCUT2D eigenvalue weighted by Crippen LogP contribution is -2.29. The first-order chi connectivity index (χ1) is 9.81. The van der Waals surface area contributed by atoms with Gasteiger partial charge in [0.2, 0.25) is 5.91 Å². The van der Waals surface area contributed by atoms with Gasteiger partial charge in [-0.05, 0) is 24.5 Å². The summed E-state index contributed by atoms with van der Waals surface area (Å²) in [4.78, 5) is 12.0. The van der Waals surface area contributed by atoms with Crippen LogP contribution in [0.2, 0.25) is 0 Å². The first-order valence-corrected chi connectivity index (χ1v) is 7.26. The second-order valence-corrected chi connectivity index (χ2v) is 5.13. The Morgan fingerprint density at radius 1 is 1.30 bits per heavy atom. The largest absolute Gasteiger partial charge is 0.395 e. The molecular formula is C17H21NO2. The SMILES string of the molecule is O=C(NCc1ccccc1C#CCCO)C1CCCC1. The standard InChI is InChI=1S/C17H21NO2/c19-12-6-5-8-14-7-1-4-11-16(14)13-18-17(20)15-9-2-3-10-15/h1,4,7,11,15,19H,2-3,6,9-10,12-13H2,(H,18,20). The van der Waals surface area contributed by atoms with Gasteiger partial charge in [-0.3, -0.25) is 4.79 Å². The second-order valence-electron chi connectivity index (χ2n) is 5.13. The number of rotatable bonds is 4. The van der Waals surface area contributed by atoms with E-state index in [1.165, 1.54) is 12.8 Å². The van der Waals surface area contributed by atoms with Gasteiger partial charge in [0.15, 0.2) is 0 Å². The number of benzene rings is 1. The number of amides is 1. The minimum atomic E-state index is 0.0770. The molecule has 1 amide bonds. The fourth-order valence-corrected chi connectivity index (χ4v) is 2.52. The molecule has 0 unspecified atom stereocenters. The Morgan fingerprint density at radius 3 is 2.80 bits per heavy atom. The van der Waals surface area contributed by atoms with Crippen molar-refractivity contribution in [1.82, 2.24) is 5.32 Å². The summed E-state index contributed by atoms with van der Waals surface area (Å²) in [7, 11) is 0. The lowest BCUT2D eigenvalue weighted by molar-refractivity contribution is -0.124. The van der Waals surface area contributed by atoms with Crippen molar-refractivity contribution in [3.05, 3.63) is 35.4 Å². The van der Waals surface area contributed by atoms with Gasteiger partial charge < -0.3 is 10.4 Å². The molecule has 1 aliphatic carbocycles. The van der Waals surface area contributed by atoms with Crippen molar-refractivity contribution in [2.24, 2.45) is 5.92 Å². The molecule has 3 heteroatoms. The lowest BCUT2D eigenvalue weighted by atomic mass is 10.1. The summed E-state index contributed by atoms with van der Waals surface area (Å²) >= 11 is 0. The minimum Gasteiger partial charge on any atom is -0.395 e. The van der Waals surface area contributed by atoms with Crippen molar-refractivity contribution in [2.75, 3.05) is 6.61 Å². The number of aliphatic hydroxyl groups excluding tert-OH is 1. The molecule has 0 aromatic heterocycles. The van der Waals surface area contributed by atoms with Gasteiger partial charge in [-0.15, -0.1) is 0 Å². The zero-order chi connectivity index (χ0) is 14.2. The van der Waals surface area contributed by atoms with Crippen LogP contribution in [-0.2, 0) is 11.3 Å². The van der Waals surface area contributed by atoms with Gasteiger partial charge >= 0.3 is 0 Å². The number of nitrogens with one attached hydrogen (secondary N) is 1. The number of hydrogen-bond acceptors (Lipinski definition) is 2. The van der Waals surface area contributed by atoms with Crippen LogP contribution in [0.4, 0.5) is 0 Å². The molecule has 0 bridgehead atoms. The van der Waals surface area contributed by atoms with E-state index in [4.69, 9.17) is 5.11 Å². The molecule has 0 heterocycles. The normalized spacial score (nSPS) is 14.7. The molecule has 0 aliphatic heterocycles. The zero-order valence-electron chi connectivity index (χ0n) is 11.7. The Bertz CT molecular complexity index is 507. The van der Waals surface area contributed by atoms with Crippen molar-refractivity contribution in [1.29, 1.82) is 0 Å². The van der Waals surface area contributed by atoms with Crippen LogP contribution in [0.1, 0.15) is 43.2 Å². The lowest BCUT2D eigenvalue weighted by Gasteiger charge is -2.11. The van der Waals surface area contributed by atoms with Gasteiger partial charge in [-0.1, -0.05) is 42.9 Å². The van der Waals surface area contributed by atoms with E-state index < -0.39 is 0 Å². The maximum atomic E-state index is 12.0. The molecule has 1 fully saturated rings. The van der Waals surface area contributed by atoms with E-state index in [0.29, 0.717) is 13.0 Å². The molecule has 0 spiro atoms. The Kier molecular flexibility index (Phi) is 5.64. The summed E-state index contributed by atoms with van der Waals surface area (Å²) in [5.41, 5.74) is 1.96. The highest BCUT2D eigenvalue weighted by Gasteiger charge is 2.22. The predicted molar refractivity (Wildman–Crippen MR) is 78.8 cm³/mol. The van der Waals surface area contributed by atoms with Gasteiger partial charge in [0.1, 0.15) is 0 Å². The van der Waals surface area contributed by atoms with Crippen LogP contribution in [0.15, 0.2) is 24.3 Å². The van der Waals surface area contributed by atoms with E-state index in [0.717, 1.165) is 24.0 Å². The van der Waals surface area contributed by atoms with Crippen molar-refractivity contribution in [3.63, 3.8) is 0 Å². The van der Waals surface area contributed by atoms with Crippen LogP contribution < -0.4 is 5.32 Å². The first-order valence-electron chi connectivity index (χ1n) is 7.26. The predicted octanol–water partition coefficient (Wildman–Crippen LogP) is 2.23. The van der Waals surface area contributed by atoms with Crippen molar-refractivity contribution < 1.29 is 9.90 Å². The summed E-state index contributed by atoms with van der Waals surface area (Å²) < 4.78 is 0. The average Bonchev–Trinajstić information content (AvgIpc) is 3.00. The van der Waals surface area contributed by atoms with E-state index in [1.54, 1.807) is 0 Å². The average molecular weight is 271 g/mol. The third kappa shape index (κ3) is 4.11. The summed E-state index contributed by atoms with van der Waals surface area (Å²) in [6.07, 6.45) is 4.85. The number of aliphatic hydroxyl groups is 1. The molecular weight excluding hydrogens is 250 g/mol. The number of hydrogen-bond donors (Lipinski definition) is 2. The van der Waals surface area contributed by atoms with E-state index >= 15 is 0 Å². The highest BCUT2D eigenvalue weighted by Crippen LogP contribution is 2.24. The molecule has 1 aromatic rings.